The largest absolute Gasteiger partial charge is 0.326 e. The highest BCUT2D eigenvalue weighted by molar-refractivity contribution is 7.78. The molecular formula is C21H20N6OS. The first-order valence-electron chi connectivity index (χ1n) is 9.10. The van der Waals surface area contributed by atoms with Gasteiger partial charge in [-0.1, -0.05) is 6.07 Å². The minimum atomic E-state index is -0.0748. The summed E-state index contributed by atoms with van der Waals surface area (Å²) in [6.45, 7) is 2.48. The molecule has 146 valence electrons. The summed E-state index contributed by atoms with van der Waals surface area (Å²) in [5.74, 6) is 0.394. The van der Waals surface area contributed by atoms with Crippen LogP contribution in [-0.4, -0.2) is 32.6 Å². The molecule has 0 aliphatic rings. The second-order valence-electron chi connectivity index (χ2n) is 6.29. The second kappa shape index (κ2) is 10.2. The Bertz CT molecular complexity index is 1030. The van der Waals surface area contributed by atoms with Crippen LogP contribution >= 0.6 is 12.2 Å². The molecule has 0 aliphatic heterocycles. The van der Waals surface area contributed by atoms with E-state index in [1.165, 1.54) is 0 Å². The van der Waals surface area contributed by atoms with Crippen LogP contribution in [0.5, 0.6) is 0 Å². The molecule has 0 radical (unpaired) electrons. The monoisotopic (exact) mass is 404 g/mol. The molecule has 3 rings (SSSR count). The number of anilines is 3. The van der Waals surface area contributed by atoms with Crippen LogP contribution in [0, 0.1) is 6.92 Å². The highest BCUT2D eigenvalue weighted by Crippen LogP contribution is 2.24. The lowest BCUT2D eigenvalue weighted by Crippen LogP contribution is -2.12. The summed E-state index contributed by atoms with van der Waals surface area (Å²) >= 11 is 4.51. The average Bonchev–Trinajstić information content (AvgIpc) is 2.74. The second-order valence-corrected chi connectivity index (χ2v) is 6.47. The van der Waals surface area contributed by atoms with Crippen molar-refractivity contribution in [2.24, 2.45) is 4.99 Å². The van der Waals surface area contributed by atoms with Crippen molar-refractivity contribution in [3.8, 4) is 11.3 Å². The van der Waals surface area contributed by atoms with Gasteiger partial charge in [-0.05, 0) is 61.5 Å². The van der Waals surface area contributed by atoms with Gasteiger partial charge in [0, 0.05) is 48.5 Å². The molecule has 0 bridgehead atoms. The lowest BCUT2D eigenvalue weighted by Gasteiger charge is -2.12. The van der Waals surface area contributed by atoms with Crippen molar-refractivity contribution in [2.75, 3.05) is 17.2 Å². The molecule has 2 heterocycles. The van der Waals surface area contributed by atoms with Crippen molar-refractivity contribution >= 4 is 40.6 Å². The summed E-state index contributed by atoms with van der Waals surface area (Å²) < 4.78 is 0. The number of aliphatic imine (C=N–C) groups is 1. The highest BCUT2D eigenvalue weighted by Gasteiger charge is 2.07. The standard InChI is InChI=1S/C21H20N6OS/c1-15-6-7-17(25-20(28)5-3-10-23-14-29)12-19(15)27-21-24-11-8-18(26-21)16-4-2-9-22-13-16/h2,4,6-9,11-13H,3,5,10H2,1H3,(H,25,28)(H,24,26,27). The Labute approximate surface area is 174 Å². The maximum atomic E-state index is 12.1. The zero-order chi connectivity index (χ0) is 20.5. The normalized spacial score (nSPS) is 10.1. The molecule has 0 aliphatic carbocycles. The number of nitrogens with one attached hydrogen (secondary N) is 2. The van der Waals surface area contributed by atoms with Crippen LogP contribution in [0.3, 0.4) is 0 Å². The predicted octanol–water partition coefficient (Wildman–Crippen LogP) is 4.41. The first-order chi connectivity index (χ1) is 14.2. The van der Waals surface area contributed by atoms with Gasteiger partial charge in [-0.15, -0.1) is 0 Å². The van der Waals surface area contributed by atoms with Gasteiger partial charge < -0.3 is 10.6 Å². The molecule has 0 saturated carbocycles. The Morgan fingerprint density at radius 3 is 2.93 bits per heavy atom. The third-order valence-corrected chi connectivity index (χ3v) is 4.25. The molecule has 0 fully saturated rings. The Morgan fingerprint density at radius 2 is 2.14 bits per heavy atom. The minimum absolute atomic E-state index is 0.0748. The van der Waals surface area contributed by atoms with Crippen molar-refractivity contribution in [3.05, 3.63) is 60.6 Å². The average molecular weight is 404 g/mol. The van der Waals surface area contributed by atoms with E-state index in [1.807, 2.05) is 43.3 Å². The summed E-state index contributed by atoms with van der Waals surface area (Å²) in [7, 11) is 0. The third-order valence-electron chi connectivity index (χ3n) is 4.12. The van der Waals surface area contributed by atoms with Gasteiger partial charge in [0.15, 0.2) is 0 Å². The molecule has 0 atom stereocenters. The number of aryl methyl sites for hydroxylation is 1. The summed E-state index contributed by atoms with van der Waals surface area (Å²) in [6.07, 6.45) is 6.17. The lowest BCUT2D eigenvalue weighted by atomic mass is 10.1. The molecular weight excluding hydrogens is 384 g/mol. The molecule has 0 spiro atoms. The zero-order valence-corrected chi connectivity index (χ0v) is 16.7. The SMILES string of the molecule is Cc1ccc(NC(=O)CCCN=C=S)cc1Nc1nccc(-c2cccnc2)n1. The number of amides is 1. The topological polar surface area (TPSA) is 92.2 Å². The lowest BCUT2D eigenvalue weighted by molar-refractivity contribution is -0.116. The van der Waals surface area contributed by atoms with Crippen LogP contribution in [0.15, 0.2) is 60.0 Å². The molecule has 2 N–H and O–H groups in total. The van der Waals surface area contributed by atoms with Gasteiger partial charge in [0.1, 0.15) is 0 Å². The summed E-state index contributed by atoms with van der Waals surface area (Å²) in [5.41, 5.74) is 4.21. The van der Waals surface area contributed by atoms with Gasteiger partial charge >= 0.3 is 0 Å². The number of rotatable bonds is 8. The van der Waals surface area contributed by atoms with Crippen molar-refractivity contribution in [3.63, 3.8) is 0 Å². The van der Waals surface area contributed by atoms with Gasteiger partial charge in [0.05, 0.1) is 10.9 Å². The number of thiocarbonyl (C=S) groups is 1. The fourth-order valence-corrected chi connectivity index (χ4v) is 2.73. The maximum absolute atomic E-state index is 12.1. The van der Waals surface area contributed by atoms with Crippen LogP contribution < -0.4 is 10.6 Å². The van der Waals surface area contributed by atoms with E-state index in [0.717, 1.165) is 22.5 Å². The molecule has 0 saturated heterocycles. The van der Waals surface area contributed by atoms with Crippen LogP contribution in [-0.2, 0) is 4.79 Å². The van der Waals surface area contributed by atoms with Gasteiger partial charge in [0.25, 0.3) is 0 Å². The fraction of sp³-hybridized carbons (Fsp3) is 0.190. The van der Waals surface area contributed by atoms with E-state index in [0.29, 0.717) is 31.0 Å². The molecule has 8 heteroatoms. The van der Waals surface area contributed by atoms with Crippen LogP contribution in [0.2, 0.25) is 0 Å². The summed E-state index contributed by atoms with van der Waals surface area (Å²) in [4.78, 5) is 28.9. The molecule has 2 aromatic heterocycles. The van der Waals surface area contributed by atoms with E-state index in [9.17, 15) is 4.79 Å². The van der Waals surface area contributed by atoms with Gasteiger partial charge in [-0.25, -0.2) is 15.0 Å². The number of isothiocyanates is 1. The highest BCUT2D eigenvalue weighted by atomic mass is 32.1. The number of benzene rings is 1. The molecule has 7 nitrogen and oxygen atoms in total. The zero-order valence-electron chi connectivity index (χ0n) is 15.9. The predicted molar refractivity (Wildman–Crippen MR) is 117 cm³/mol. The first-order valence-corrected chi connectivity index (χ1v) is 9.51. The van der Waals surface area contributed by atoms with Gasteiger partial charge in [-0.2, -0.15) is 0 Å². The van der Waals surface area contributed by atoms with E-state index < -0.39 is 0 Å². The number of carbonyl (C=O) groups excluding carboxylic acids is 1. The van der Waals surface area contributed by atoms with E-state index in [-0.39, 0.29) is 5.91 Å². The Kier molecular flexibility index (Phi) is 7.10. The van der Waals surface area contributed by atoms with Crippen LogP contribution in [0.25, 0.3) is 11.3 Å². The number of pyridine rings is 1. The smallest absolute Gasteiger partial charge is 0.227 e. The first kappa shape index (κ1) is 20.3. The maximum Gasteiger partial charge on any atom is 0.227 e. The molecule has 0 unspecified atom stereocenters. The van der Waals surface area contributed by atoms with E-state index in [4.69, 9.17) is 0 Å². The van der Waals surface area contributed by atoms with Crippen LogP contribution in [0.1, 0.15) is 18.4 Å². The number of aromatic nitrogens is 3. The van der Waals surface area contributed by atoms with Crippen LogP contribution in [0.4, 0.5) is 17.3 Å². The fourth-order valence-electron chi connectivity index (χ4n) is 2.64. The van der Waals surface area contributed by atoms with E-state index in [2.05, 4.69) is 48.0 Å². The minimum Gasteiger partial charge on any atom is -0.326 e. The van der Waals surface area contributed by atoms with Gasteiger partial charge in [0.2, 0.25) is 11.9 Å². The van der Waals surface area contributed by atoms with E-state index in [1.54, 1.807) is 18.6 Å². The number of carbonyl (C=O) groups is 1. The Balaban J connectivity index is 1.70. The summed E-state index contributed by atoms with van der Waals surface area (Å²) in [5, 5.41) is 8.42. The third kappa shape index (κ3) is 6.00. The molecule has 3 aromatic rings. The molecule has 29 heavy (non-hydrogen) atoms. The quantitative estimate of drug-likeness (QED) is 0.328. The number of nitrogens with zero attached hydrogens (tertiary/aromatic N) is 4. The molecule has 1 amide bonds. The van der Waals surface area contributed by atoms with Crippen molar-refractivity contribution in [1.82, 2.24) is 15.0 Å². The number of hydrogen-bond acceptors (Lipinski definition) is 7. The Hall–Kier alpha value is -3.48. The van der Waals surface area contributed by atoms with Crippen molar-refractivity contribution in [2.45, 2.75) is 19.8 Å². The van der Waals surface area contributed by atoms with Gasteiger partial charge in [-0.3, -0.25) is 9.78 Å². The molecule has 1 aromatic carbocycles. The Morgan fingerprint density at radius 1 is 1.24 bits per heavy atom. The van der Waals surface area contributed by atoms with Crippen molar-refractivity contribution in [1.29, 1.82) is 0 Å². The van der Waals surface area contributed by atoms with E-state index >= 15 is 0 Å². The summed E-state index contributed by atoms with van der Waals surface area (Å²) in [6, 6.07) is 11.3. The van der Waals surface area contributed by atoms with Crippen molar-refractivity contribution < 1.29 is 4.79 Å². The number of hydrogen-bond donors (Lipinski definition) is 2.